The SMILES string of the molecule is CC1CCN(C(=O)c2cnc(Nc3ccccc3C(C)(C)C)nc2)CC1. The first-order valence-corrected chi connectivity index (χ1v) is 9.32. The van der Waals surface area contributed by atoms with Crippen LogP contribution in [0.2, 0.25) is 0 Å². The second kappa shape index (κ2) is 7.44. The molecular weight excluding hydrogens is 324 g/mol. The predicted octanol–water partition coefficient (Wildman–Crippen LogP) is 4.39. The smallest absolute Gasteiger partial charge is 0.256 e. The molecule has 1 aromatic heterocycles. The van der Waals surface area contributed by atoms with Gasteiger partial charge in [-0.2, -0.15) is 0 Å². The van der Waals surface area contributed by atoms with Crippen molar-refractivity contribution in [2.75, 3.05) is 18.4 Å². The van der Waals surface area contributed by atoms with Crippen molar-refractivity contribution in [2.24, 2.45) is 5.92 Å². The van der Waals surface area contributed by atoms with Gasteiger partial charge in [-0.25, -0.2) is 9.97 Å². The van der Waals surface area contributed by atoms with Crippen LogP contribution >= 0.6 is 0 Å². The van der Waals surface area contributed by atoms with E-state index in [0.29, 0.717) is 17.4 Å². The zero-order valence-electron chi connectivity index (χ0n) is 16.1. The Morgan fingerprint density at radius 3 is 2.35 bits per heavy atom. The minimum absolute atomic E-state index is 0.0187. The summed E-state index contributed by atoms with van der Waals surface area (Å²) in [6.07, 6.45) is 5.37. The third-order valence-electron chi connectivity index (χ3n) is 4.95. The number of benzene rings is 1. The zero-order valence-corrected chi connectivity index (χ0v) is 16.1. The summed E-state index contributed by atoms with van der Waals surface area (Å²) in [5, 5.41) is 3.28. The van der Waals surface area contributed by atoms with Gasteiger partial charge in [0.25, 0.3) is 5.91 Å². The van der Waals surface area contributed by atoms with Crippen LogP contribution in [-0.2, 0) is 5.41 Å². The average Bonchev–Trinajstić information content (AvgIpc) is 2.62. The number of likely N-dealkylation sites (tertiary alicyclic amines) is 1. The molecule has 1 aliphatic heterocycles. The molecule has 2 aromatic rings. The van der Waals surface area contributed by atoms with Crippen LogP contribution in [0.15, 0.2) is 36.7 Å². The van der Waals surface area contributed by atoms with Crippen LogP contribution in [0.1, 0.15) is 56.5 Å². The number of para-hydroxylation sites is 1. The number of aromatic nitrogens is 2. The average molecular weight is 352 g/mol. The van der Waals surface area contributed by atoms with Crippen molar-refractivity contribution in [1.29, 1.82) is 0 Å². The molecule has 1 fully saturated rings. The molecule has 2 heterocycles. The number of carbonyl (C=O) groups is 1. The molecule has 0 saturated carbocycles. The van der Waals surface area contributed by atoms with Gasteiger partial charge in [0.1, 0.15) is 0 Å². The molecular formula is C21H28N4O. The number of nitrogens with one attached hydrogen (secondary N) is 1. The monoisotopic (exact) mass is 352 g/mol. The van der Waals surface area contributed by atoms with Crippen molar-refractivity contribution in [3.05, 3.63) is 47.8 Å². The maximum absolute atomic E-state index is 12.6. The molecule has 1 amide bonds. The second-order valence-corrected chi connectivity index (χ2v) is 8.19. The fourth-order valence-corrected chi connectivity index (χ4v) is 3.26. The summed E-state index contributed by atoms with van der Waals surface area (Å²) in [6.45, 7) is 10.4. The molecule has 3 rings (SSSR count). The largest absolute Gasteiger partial charge is 0.339 e. The molecule has 1 aromatic carbocycles. The van der Waals surface area contributed by atoms with E-state index in [1.165, 1.54) is 5.56 Å². The molecule has 0 bridgehead atoms. The van der Waals surface area contributed by atoms with E-state index in [4.69, 9.17) is 0 Å². The molecule has 0 spiro atoms. The highest BCUT2D eigenvalue weighted by Gasteiger charge is 2.22. The van der Waals surface area contributed by atoms with E-state index in [9.17, 15) is 4.79 Å². The molecule has 1 saturated heterocycles. The number of hydrogen-bond donors (Lipinski definition) is 1. The highest BCUT2D eigenvalue weighted by atomic mass is 16.2. The molecule has 0 atom stereocenters. The number of piperidine rings is 1. The van der Waals surface area contributed by atoms with E-state index in [-0.39, 0.29) is 11.3 Å². The highest BCUT2D eigenvalue weighted by Crippen LogP contribution is 2.30. The molecule has 138 valence electrons. The summed E-state index contributed by atoms with van der Waals surface area (Å²) < 4.78 is 0. The van der Waals surface area contributed by atoms with Crippen LogP contribution in [0, 0.1) is 5.92 Å². The van der Waals surface area contributed by atoms with Gasteiger partial charge in [0.05, 0.1) is 5.56 Å². The quantitative estimate of drug-likeness (QED) is 0.890. The normalized spacial score (nSPS) is 15.8. The molecule has 26 heavy (non-hydrogen) atoms. The lowest BCUT2D eigenvalue weighted by Gasteiger charge is -2.30. The summed E-state index contributed by atoms with van der Waals surface area (Å²) in [5.41, 5.74) is 2.76. The number of rotatable bonds is 3. The first-order chi connectivity index (χ1) is 12.3. The Balaban J connectivity index is 1.72. The lowest BCUT2D eigenvalue weighted by molar-refractivity contribution is 0.0696. The Morgan fingerprint density at radius 2 is 1.73 bits per heavy atom. The van der Waals surface area contributed by atoms with Crippen LogP contribution in [0.5, 0.6) is 0 Å². The van der Waals surface area contributed by atoms with Crippen molar-refractivity contribution in [3.8, 4) is 0 Å². The van der Waals surface area contributed by atoms with Gasteiger partial charge in [-0.3, -0.25) is 4.79 Å². The van der Waals surface area contributed by atoms with Gasteiger partial charge < -0.3 is 10.2 Å². The molecule has 0 unspecified atom stereocenters. The van der Waals surface area contributed by atoms with Crippen molar-refractivity contribution >= 4 is 17.5 Å². The predicted molar refractivity (Wildman–Crippen MR) is 105 cm³/mol. The van der Waals surface area contributed by atoms with Crippen LogP contribution in [0.25, 0.3) is 0 Å². The first kappa shape index (κ1) is 18.4. The van der Waals surface area contributed by atoms with Gasteiger partial charge in [-0.15, -0.1) is 0 Å². The van der Waals surface area contributed by atoms with Gasteiger partial charge >= 0.3 is 0 Å². The Labute approximate surface area is 155 Å². The van der Waals surface area contributed by atoms with Gasteiger partial charge in [0.15, 0.2) is 0 Å². The second-order valence-electron chi connectivity index (χ2n) is 8.19. The van der Waals surface area contributed by atoms with Crippen molar-refractivity contribution < 1.29 is 4.79 Å². The van der Waals surface area contributed by atoms with Gasteiger partial charge in [0, 0.05) is 31.2 Å². The van der Waals surface area contributed by atoms with Crippen molar-refractivity contribution in [1.82, 2.24) is 14.9 Å². The summed E-state index contributed by atoms with van der Waals surface area (Å²) in [6, 6.07) is 8.16. The molecule has 5 heteroatoms. The maximum atomic E-state index is 12.6. The minimum atomic E-state index is 0.0187. The van der Waals surface area contributed by atoms with E-state index in [0.717, 1.165) is 31.6 Å². The van der Waals surface area contributed by atoms with Gasteiger partial charge in [-0.05, 0) is 35.8 Å². The molecule has 1 N–H and O–H groups in total. The van der Waals surface area contributed by atoms with E-state index in [1.54, 1.807) is 12.4 Å². The number of hydrogen-bond acceptors (Lipinski definition) is 4. The maximum Gasteiger partial charge on any atom is 0.256 e. The summed E-state index contributed by atoms with van der Waals surface area (Å²) in [7, 11) is 0. The van der Waals surface area contributed by atoms with Crippen LogP contribution in [-0.4, -0.2) is 33.9 Å². The van der Waals surface area contributed by atoms with Crippen molar-refractivity contribution in [2.45, 2.75) is 46.0 Å². The van der Waals surface area contributed by atoms with Crippen LogP contribution < -0.4 is 5.32 Å². The Kier molecular flexibility index (Phi) is 5.25. The van der Waals surface area contributed by atoms with Crippen molar-refractivity contribution in [3.63, 3.8) is 0 Å². The van der Waals surface area contributed by atoms with Crippen LogP contribution in [0.3, 0.4) is 0 Å². The fraction of sp³-hybridized carbons (Fsp3) is 0.476. The molecule has 0 aliphatic carbocycles. The molecule has 1 aliphatic rings. The standard InChI is InChI=1S/C21H28N4O/c1-15-9-11-25(12-10-15)19(26)16-13-22-20(23-14-16)24-18-8-6-5-7-17(18)21(2,3)4/h5-8,13-15H,9-12H2,1-4H3,(H,22,23,24). The Bertz CT molecular complexity index is 756. The molecule has 5 nitrogen and oxygen atoms in total. The highest BCUT2D eigenvalue weighted by molar-refractivity contribution is 5.93. The Morgan fingerprint density at radius 1 is 1.12 bits per heavy atom. The van der Waals surface area contributed by atoms with Gasteiger partial charge in [-0.1, -0.05) is 45.9 Å². The lowest BCUT2D eigenvalue weighted by atomic mass is 9.86. The molecule has 0 radical (unpaired) electrons. The van der Waals surface area contributed by atoms with E-state index in [1.807, 2.05) is 23.1 Å². The number of nitrogens with zero attached hydrogens (tertiary/aromatic N) is 3. The summed E-state index contributed by atoms with van der Waals surface area (Å²) in [5.74, 6) is 1.23. The third kappa shape index (κ3) is 4.21. The first-order valence-electron chi connectivity index (χ1n) is 9.32. The van der Waals surface area contributed by atoms with Gasteiger partial charge in [0.2, 0.25) is 5.95 Å². The van der Waals surface area contributed by atoms with E-state index in [2.05, 4.69) is 49.0 Å². The summed E-state index contributed by atoms with van der Waals surface area (Å²) >= 11 is 0. The number of anilines is 2. The lowest BCUT2D eigenvalue weighted by Crippen LogP contribution is -2.38. The Hall–Kier alpha value is -2.43. The third-order valence-corrected chi connectivity index (χ3v) is 4.95. The summed E-state index contributed by atoms with van der Waals surface area (Å²) in [4.78, 5) is 23.2. The number of carbonyl (C=O) groups excluding carboxylic acids is 1. The van der Waals surface area contributed by atoms with E-state index >= 15 is 0 Å². The van der Waals surface area contributed by atoms with E-state index < -0.39 is 0 Å². The fourth-order valence-electron chi connectivity index (χ4n) is 3.26. The van der Waals surface area contributed by atoms with Crippen LogP contribution in [0.4, 0.5) is 11.6 Å². The number of amides is 1. The minimum Gasteiger partial charge on any atom is -0.339 e. The zero-order chi connectivity index (χ0) is 18.7. The topological polar surface area (TPSA) is 58.1 Å².